The minimum atomic E-state index is -1.06. The van der Waals surface area contributed by atoms with Crippen molar-refractivity contribution >= 4 is 20.6 Å². The van der Waals surface area contributed by atoms with Crippen LogP contribution in [-0.2, 0) is 21.1 Å². The van der Waals surface area contributed by atoms with Crippen LogP contribution in [0.2, 0.25) is 13.1 Å². The number of carbonyl (C=O) groups is 1. The van der Waals surface area contributed by atoms with Crippen LogP contribution in [0.15, 0.2) is 66.7 Å². The van der Waals surface area contributed by atoms with Gasteiger partial charge in [-0.25, -0.2) is 0 Å². The summed E-state index contributed by atoms with van der Waals surface area (Å²) in [5.41, 5.74) is 5.70. The number of hydrogen-bond donors (Lipinski definition) is 1. The van der Waals surface area contributed by atoms with Gasteiger partial charge in [-0.15, -0.1) is 0 Å². The van der Waals surface area contributed by atoms with Gasteiger partial charge in [-0.1, -0.05) is 116 Å². The fraction of sp³-hybridized carbons (Fsp3) is 0.568. The molecule has 3 aromatic rings. The molecule has 2 unspecified atom stereocenters. The Morgan fingerprint density at radius 2 is 1.49 bits per heavy atom. The van der Waals surface area contributed by atoms with Crippen molar-refractivity contribution in [2.45, 2.75) is 143 Å². The highest BCUT2D eigenvalue weighted by molar-refractivity contribution is 6.48. The molecule has 0 radical (unpaired) electrons. The molecule has 5 rings (SSSR count). The highest BCUT2D eigenvalue weighted by Gasteiger charge is 2.31. The molecule has 2 aliphatic rings. The van der Waals surface area contributed by atoms with Crippen molar-refractivity contribution in [2.24, 2.45) is 17.3 Å². The highest BCUT2D eigenvalue weighted by atomic mass is 28.3. The zero-order valence-corrected chi connectivity index (χ0v) is 32.9. The number of carbonyl (C=O) groups excluding carboxylic acids is 1. The third-order valence-corrected chi connectivity index (χ3v) is 11.9. The Bertz CT molecular complexity index is 1480. The molecule has 0 aromatic heterocycles. The molecule has 0 spiro atoms. The van der Waals surface area contributed by atoms with Gasteiger partial charge in [0, 0.05) is 35.3 Å². The Labute approximate surface area is 299 Å². The lowest BCUT2D eigenvalue weighted by molar-refractivity contribution is -0.116. The Kier molecular flexibility index (Phi) is 12.5. The normalized spacial score (nSPS) is 16.8. The average Bonchev–Trinajstić information content (AvgIpc) is 3.05. The van der Waals surface area contributed by atoms with Crippen LogP contribution in [0.4, 0.5) is 5.69 Å². The van der Waals surface area contributed by atoms with Gasteiger partial charge < -0.3 is 14.5 Å². The first-order valence-electron chi connectivity index (χ1n) is 19.2. The molecule has 0 bridgehead atoms. The lowest BCUT2D eigenvalue weighted by Gasteiger charge is -2.34. The molecule has 2 atom stereocenters. The maximum atomic E-state index is 13.9. The standard InChI is InChI=1S/C44H63NO3Si/c1-43(2,3)33(19-16-24-39(48-49(7)8)32-17-10-9-11-18-32)27-25-31-26-28-37(44(4,5)6)38(29-31)45-42(46)30-36-34-20-12-14-22-40(34)47-41-23-15-13-21-35(36)41/h12-15,20-23,26,28-29,32-33,36,39,49H,9-11,16-19,24-25,27,30H2,1-8H3,(H,45,46). The first-order chi connectivity index (χ1) is 23.3. The van der Waals surface area contributed by atoms with Gasteiger partial charge in [0.05, 0.1) is 0 Å². The van der Waals surface area contributed by atoms with Crippen LogP contribution >= 0.6 is 0 Å². The van der Waals surface area contributed by atoms with Gasteiger partial charge >= 0.3 is 0 Å². The maximum absolute atomic E-state index is 13.9. The van der Waals surface area contributed by atoms with Gasteiger partial charge in [0.2, 0.25) is 5.91 Å². The second-order valence-electron chi connectivity index (χ2n) is 17.3. The van der Waals surface area contributed by atoms with E-state index in [-0.39, 0.29) is 22.7 Å². The maximum Gasteiger partial charge on any atom is 0.225 e. The molecule has 5 heteroatoms. The Hall–Kier alpha value is -2.89. The molecule has 1 N–H and O–H groups in total. The fourth-order valence-corrected chi connectivity index (χ4v) is 9.36. The SMILES string of the molecule is C[SiH](C)OC(CCCC(CCc1ccc(C(C)(C)C)c(NC(=O)CC2c3ccccc3Oc3ccccc32)c1)C(C)(C)C)C1CCCCC1. The van der Waals surface area contributed by atoms with Gasteiger partial charge in [0.1, 0.15) is 11.5 Å². The molecule has 266 valence electrons. The van der Waals surface area contributed by atoms with E-state index in [1.807, 2.05) is 36.4 Å². The van der Waals surface area contributed by atoms with Crippen molar-refractivity contribution in [3.05, 3.63) is 89.0 Å². The van der Waals surface area contributed by atoms with Crippen LogP contribution in [0.3, 0.4) is 0 Å². The van der Waals surface area contributed by atoms with E-state index in [1.165, 1.54) is 62.5 Å². The minimum absolute atomic E-state index is 0.0333. The quantitative estimate of drug-likeness (QED) is 0.183. The van der Waals surface area contributed by atoms with Crippen molar-refractivity contribution in [1.29, 1.82) is 0 Å². The van der Waals surface area contributed by atoms with E-state index in [0.29, 0.717) is 18.4 Å². The van der Waals surface area contributed by atoms with Crippen molar-refractivity contribution in [2.75, 3.05) is 5.32 Å². The molecule has 4 nitrogen and oxygen atoms in total. The molecule has 0 saturated heterocycles. The largest absolute Gasteiger partial charge is 0.457 e. The number of benzene rings is 3. The highest BCUT2D eigenvalue weighted by Crippen LogP contribution is 2.46. The summed E-state index contributed by atoms with van der Waals surface area (Å²) in [4.78, 5) is 13.9. The first-order valence-corrected chi connectivity index (χ1v) is 22.0. The number of anilines is 1. The Balaban J connectivity index is 1.27. The van der Waals surface area contributed by atoms with E-state index in [0.717, 1.165) is 47.1 Å². The van der Waals surface area contributed by atoms with Gasteiger partial charge in [-0.05, 0) is 104 Å². The number of aryl methyl sites for hydroxylation is 1. The third kappa shape index (κ3) is 10.1. The van der Waals surface area contributed by atoms with E-state index in [1.54, 1.807) is 0 Å². The smallest absolute Gasteiger partial charge is 0.225 e. The summed E-state index contributed by atoms with van der Waals surface area (Å²) in [7, 11) is -1.06. The monoisotopic (exact) mass is 681 g/mol. The molecule has 3 aromatic carbocycles. The van der Waals surface area contributed by atoms with E-state index in [2.05, 4.69) is 90.3 Å². The van der Waals surface area contributed by atoms with E-state index < -0.39 is 9.04 Å². The molecule has 1 amide bonds. The molecule has 1 aliphatic heterocycles. The summed E-state index contributed by atoms with van der Waals surface area (Å²) in [6, 6.07) is 23.0. The topological polar surface area (TPSA) is 47.6 Å². The lowest BCUT2D eigenvalue weighted by atomic mass is 9.74. The van der Waals surface area contributed by atoms with Crippen molar-refractivity contribution in [3.63, 3.8) is 0 Å². The number of amides is 1. The summed E-state index contributed by atoms with van der Waals surface area (Å²) in [6.45, 7) is 18.6. The number of para-hydroxylation sites is 2. The van der Waals surface area contributed by atoms with Gasteiger partial charge in [-0.3, -0.25) is 4.79 Å². The fourth-order valence-electron chi connectivity index (χ4n) is 8.31. The number of rotatable bonds is 13. The molecular weight excluding hydrogens is 619 g/mol. The first kappa shape index (κ1) is 37.4. The molecule has 49 heavy (non-hydrogen) atoms. The summed E-state index contributed by atoms with van der Waals surface area (Å²) in [5.74, 6) is 3.05. The number of ether oxygens (including phenoxy) is 1. The summed E-state index contributed by atoms with van der Waals surface area (Å²) >= 11 is 0. The molecule has 1 aliphatic carbocycles. The molecular formula is C44H63NO3Si. The number of hydrogen-bond acceptors (Lipinski definition) is 3. The van der Waals surface area contributed by atoms with Crippen LogP contribution in [0.25, 0.3) is 0 Å². The van der Waals surface area contributed by atoms with Crippen LogP contribution in [0, 0.1) is 17.3 Å². The lowest BCUT2D eigenvalue weighted by Crippen LogP contribution is -2.30. The van der Waals surface area contributed by atoms with E-state index in [4.69, 9.17) is 9.16 Å². The van der Waals surface area contributed by atoms with Crippen LogP contribution in [0.1, 0.15) is 134 Å². The second kappa shape index (κ2) is 16.4. The van der Waals surface area contributed by atoms with E-state index >= 15 is 0 Å². The number of fused-ring (bicyclic) bond motifs is 2. The van der Waals surface area contributed by atoms with Gasteiger partial charge in [0.15, 0.2) is 9.04 Å². The van der Waals surface area contributed by atoms with Gasteiger partial charge in [-0.2, -0.15) is 0 Å². The zero-order valence-electron chi connectivity index (χ0n) is 31.7. The van der Waals surface area contributed by atoms with Crippen molar-refractivity contribution in [1.82, 2.24) is 0 Å². The average molecular weight is 682 g/mol. The van der Waals surface area contributed by atoms with Crippen LogP contribution < -0.4 is 10.1 Å². The Morgan fingerprint density at radius 3 is 2.08 bits per heavy atom. The Morgan fingerprint density at radius 1 is 0.857 bits per heavy atom. The van der Waals surface area contributed by atoms with Crippen molar-refractivity contribution in [3.8, 4) is 11.5 Å². The van der Waals surface area contributed by atoms with Crippen LogP contribution in [-0.4, -0.2) is 21.1 Å². The minimum Gasteiger partial charge on any atom is -0.457 e. The molecule has 1 saturated carbocycles. The predicted molar refractivity (Wildman–Crippen MR) is 209 cm³/mol. The summed E-state index contributed by atoms with van der Waals surface area (Å²) < 4.78 is 12.9. The molecule has 1 heterocycles. The summed E-state index contributed by atoms with van der Waals surface area (Å²) in [6.07, 6.45) is 13.5. The van der Waals surface area contributed by atoms with Crippen LogP contribution in [0.5, 0.6) is 11.5 Å². The second-order valence-corrected chi connectivity index (χ2v) is 19.6. The summed E-state index contributed by atoms with van der Waals surface area (Å²) in [5, 5.41) is 3.39. The zero-order chi connectivity index (χ0) is 35.2. The van der Waals surface area contributed by atoms with E-state index in [9.17, 15) is 4.79 Å². The van der Waals surface area contributed by atoms with Gasteiger partial charge in [0.25, 0.3) is 0 Å². The predicted octanol–water partition coefficient (Wildman–Crippen LogP) is 12.0. The number of nitrogens with one attached hydrogen (secondary N) is 1. The molecule has 1 fully saturated rings. The van der Waals surface area contributed by atoms with Crippen molar-refractivity contribution < 1.29 is 14.0 Å². The third-order valence-electron chi connectivity index (χ3n) is 11.0.